The molecule has 3 unspecified atom stereocenters. The van der Waals surface area contributed by atoms with Crippen molar-refractivity contribution < 1.29 is 52.2 Å². The van der Waals surface area contributed by atoms with Crippen LogP contribution in [0.15, 0.2) is 0 Å². The van der Waals surface area contributed by atoms with Crippen molar-refractivity contribution in [2.45, 2.75) is 167 Å². The number of hydrogen-bond donors (Lipinski definition) is 0. The van der Waals surface area contributed by atoms with Gasteiger partial charge in [0.1, 0.15) is 0 Å². The van der Waals surface area contributed by atoms with E-state index in [2.05, 4.69) is 4.74 Å². The van der Waals surface area contributed by atoms with Crippen LogP contribution in [0.3, 0.4) is 0 Å². The molecule has 1 amide bonds. The van der Waals surface area contributed by atoms with Crippen LogP contribution in [0.25, 0.3) is 0 Å². The average Bonchev–Trinajstić information content (AvgIpc) is 2.86. The Labute approximate surface area is 354 Å². The Hall–Kier alpha value is -0.760. The summed E-state index contributed by atoms with van der Waals surface area (Å²) >= 11 is 0. The summed E-state index contributed by atoms with van der Waals surface area (Å²) in [6, 6.07) is 0. The fourth-order valence-electron chi connectivity index (χ4n) is 0. The molecule has 0 heterocycles. The van der Waals surface area contributed by atoms with Gasteiger partial charge in [0.15, 0.2) is 29.5 Å². The fraction of sp³-hybridized carbons (Fsp3) is 0.946. The maximum atomic E-state index is 10.7. The van der Waals surface area contributed by atoms with Gasteiger partial charge in [0.05, 0.1) is 21.4 Å². The van der Waals surface area contributed by atoms with Crippen LogP contribution in [0.5, 0.6) is 0 Å². The van der Waals surface area contributed by atoms with Gasteiger partial charge in [0.2, 0.25) is 5.91 Å². The minimum atomic E-state index is -2.84. The second-order valence-electron chi connectivity index (χ2n) is 18.5. The van der Waals surface area contributed by atoms with Crippen molar-refractivity contribution >= 4 is 73.8 Å². The number of carbonyl (C=O) groups is 2. The molecule has 56 heavy (non-hydrogen) atoms. The maximum Gasteiger partial charge on any atom is 0.302 e. The van der Waals surface area contributed by atoms with E-state index in [1.165, 1.54) is 44.6 Å². The molecule has 0 bridgehead atoms. The molecule has 0 fully saturated rings. The lowest BCUT2D eigenvalue weighted by Gasteiger charge is -2.14. The highest BCUT2D eigenvalue weighted by atomic mass is 32.2. The minimum Gasteiger partial charge on any atom is -0.469 e. The number of esters is 1. The van der Waals surface area contributed by atoms with Crippen molar-refractivity contribution in [3.05, 3.63) is 0 Å². The summed E-state index contributed by atoms with van der Waals surface area (Å²) in [5, 5.41) is 0. The Morgan fingerprint density at radius 1 is 0.446 bits per heavy atom. The van der Waals surface area contributed by atoms with Crippen molar-refractivity contribution in [1.82, 2.24) is 4.90 Å². The van der Waals surface area contributed by atoms with Gasteiger partial charge in [-0.15, -0.1) is 0 Å². The van der Waals surface area contributed by atoms with Crippen LogP contribution in [-0.2, 0) is 76.2 Å². The quantitative estimate of drug-likeness (QED) is 0.248. The molecule has 0 aromatic heterocycles. The van der Waals surface area contributed by atoms with Crippen LogP contribution >= 0.6 is 0 Å². The molecular weight excluding hydrogens is 843 g/mol. The van der Waals surface area contributed by atoms with Crippen molar-refractivity contribution in [3.63, 3.8) is 0 Å². The first-order valence-electron chi connectivity index (χ1n) is 17.3. The molecule has 0 aliphatic carbocycles. The SMILES string of the molecule is CC(=O)N(C)C.CC(C)(C)S(C)(=O)=O.CC(C)(C)S(C)(=O)=O.CC(C)(C)S(C)(=O)=O.COC(C)=O.CS(=O)C(C)(C)C.CS(=O)C(C)(C)C.CS(=O)C(C)(C)C. The van der Waals surface area contributed by atoms with E-state index in [4.69, 9.17) is 0 Å². The second kappa shape index (κ2) is 29.5. The Balaban J connectivity index is -0.0000000787. The summed E-state index contributed by atoms with van der Waals surface area (Å²) in [7, 11) is -5.77. The van der Waals surface area contributed by atoms with Crippen LogP contribution in [0.1, 0.15) is 138 Å². The van der Waals surface area contributed by atoms with E-state index >= 15 is 0 Å². The predicted octanol–water partition coefficient (Wildman–Crippen LogP) is 6.25. The van der Waals surface area contributed by atoms with Gasteiger partial charge in [-0.05, 0) is 125 Å². The van der Waals surface area contributed by atoms with Crippen LogP contribution < -0.4 is 0 Å². The monoisotopic (exact) mass is 929 g/mol. The van der Waals surface area contributed by atoms with Crippen LogP contribution in [0, 0.1) is 0 Å². The predicted molar refractivity (Wildman–Crippen MR) is 247 cm³/mol. The molecule has 348 valence electrons. The van der Waals surface area contributed by atoms with E-state index in [-0.39, 0.29) is 26.1 Å². The normalized spacial score (nSPS) is 13.7. The first-order chi connectivity index (χ1) is 23.5. The van der Waals surface area contributed by atoms with E-state index in [0.29, 0.717) is 0 Å². The third kappa shape index (κ3) is 57.6. The van der Waals surface area contributed by atoms with Gasteiger partial charge in [-0.3, -0.25) is 22.2 Å². The highest BCUT2D eigenvalue weighted by molar-refractivity contribution is 7.92. The summed E-state index contributed by atoms with van der Waals surface area (Å²) in [4.78, 5) is 21.2. The molecule has 3 atom stereocenters. The minimum absolute atomic E-state index is 0.0278. The Morgan fingerprint density at radius 3 is 0.518 bits per heavy atom. The number of carbonyl (C=O) groups excluding carboxylic acids is 2. The number of hydrogen-bond acceptors (Lipinski definition) is 12. The van der Waals surface area contributed by atoms with Crippen LogP contribution in [0.2, 0.25) is 0 Å². The van der Waals surface area contributed by atoms with Gasteiger partial charge in [-0.25, -0.2) is 25.3 Å². The zero-order valence-corrected chi connectivity index (χ0v) is 45.7. The Morgan fingerprint density at radius 2 is 0.518 bits per heavy atom. The Kier molecular flexibility index (Phi) is 38.3. The largest absolute Gasteiger partial charge is 0.469 e. The number of rotatable bonds is 0. The lowest BCUT2D eigenvalue weighted by molar-refractivity contribution is -0.138. The zero-order valence-electron chi connectivity index (χ0n) is 40.8. The van der Waals surface area contributed by atoms with Crippen LogP contribution in [0.4, 0.5) is 0 Å². The molecule has 19 heteroatoms. The van der Waals surface area contributed by atoms with Gasteiger partial charge in [0, 0.05) is 112 Å². The second-order valence-corrected chi connectivity index (χ2v) is 33.2. The number of nitrogens with zero attached hydrogens (tertiary/aromatic N) is 1. The van der Waals surface area contributed by atoms with Gasteiger partial charge in [-0.1, -0.05) is 0 Å². The van der Waals surface area contributed by atoms with E-state index in [1.54, 1.807) is 95.2 Å². The first-order valence-corrected chi connectivity index (χ1v) is 27.7. The Bertz CT molecular complexity index is 1330. The number of methoxy groups -OCH3 is 1. The van der Waals surface area contributed by atoms with Crippen molar-refractivity contribution in [1.29, 1.82) is 0 Å². The summed E-state index contributed by atoms with van der Waals surface area (Å²) in [5.74, 6) is -0.153. The molecule has 0 aliphatic heterocycles. The molecule has 0 aromatic carbocycles. The zero-order chi connectivity index (χ0) is 48.7. The molecular formula is C37H87NO12S6. The molecule has 13 nitrogen and oxygen atoms in total. The topological polar surface area (TPSA) is 200 Å². The molecule has 0 saturated heterocycles. The van der Waals surface area contributed by atoms with E-state index in [1.807, 2.05) is 62.3 Å². The van der Waals surface area contributed by atoms with E-state index in [9.17, 15) is 47.5 Å². The fourth-order valence-corrected chi connectivity index (χ4v) is 0. The summed E-state index contributed by atoms with van der Waals surface area (Å²) in [5.41, 5.74) is 0. The smallest absolute Gasteiger partial charge is 0.302 e. The van der Waals surface area contributed by atoms with E-state index < -0.39 is 76.2 Å². The highest BCUT2D eigenvalue weighted by Crippen LogP contribution is 2.13. The molecule has 0 N–H and O–H groups in total. The lowest BCUT2D eigenvalue weighted by Crippen LogP contribution is -2.26. The number of ether oxygens (including phenoxy) is 1. The lowest BCUT2D eigenvalue weighted by atomic mass is 10.3. The standard InChI is InChI=1S/3C5H12O2S.3C5H12OS.C4H9NO.C3H6O2/c3*1-5(2,3)8(4,6)7;3*1-5(2,3)7(4)6;1-4(6)5(2)3;1-3(4)5-2/h3*1-4H3;3*1-4H3;1-3H3;1-2H3. The van der Waals surface area contributed by atoms with Crippen molar-refractivity contribution in [3.8, 4) is 0 Å². The molecule has 0 saturated carbocycles. The van der Waals surface area contributed by atoms with Gasteiger partial charge in [-0.2, -0.15) is 0 Å². The number of amides is 1. The van der Waals surface area contributed by atoms with Crippen molar-refractivity contribution in [2.75, 3.05) is 58.7 Å². The number of sulfone groups is 3. The molecule has 0 aliphatic rings. The van der Waals surface area contributed by atoms with Crippen molar-refractivity contribution in [2.24, 2.45) is 0 Å². The third-order valence-electron chi connectivity index (χ3n) is 6.84. The third-order valence-corrected chi connectivity index (χ3v) is 18.7. The summed E-state index contributed by atoms with van der Waals surface area (Å²) < 4.78 is 97.9. The molecule has 0 radical (unpaired) electrons. The van der Waals surface area contributed by atoms with E-state index in [0.717, 1.165) is 0 Å². The maximum absolute atomic E-state index is 10.7. The summed E-state index contributed by atoms with van der Waals surface area (Å²) in [6.45, 7) is 35.7. The summed E-state index contributed by atoms with van der Waals surface area (Å²) in [6.07, 6.45) is 8.90. The van der Waals surface area contributed by atoms with Gasteiger partial charge in [0.25, 0.3) is 0 Å². The van der Waals surface area contributed by atoms with Gasteiger partial charge < -0.3 is 9.64 Å². The van der Waals surface area contributed by atoms with Gasteiger partial charge >= 0.3 is 5.97 Å². The van der Waals surface area contributed by atoms with Crippen LogP contribution in [-0.4, -0.2) is 142 Å². The highest BCUT2D eigenvalue weighted by Gasteiger charge is 2.24. The molecule has 0 aromatic rings. The average molecular weight is 930 g/mol. The molecule has 0 spiro atoms. The first kappa shape index (κ1) is 72.8. The molecule has 0 rings (SSSR count).